The first-order valence-electron chi connectivity index (χ1n) is 8.78. The standard InChI is InChI=1S/C18H23ClN4O5S/c1-4-23(5-2)17(24)11-28-16-7-6-12(8-14(16)19)21-29(26,27)13-9-15(18(20)25)22(3)10-13/h6-10,21H,4-5,11H2,1-3H3,(H2,20,25). The predicted octanol–water partition coefficient (Wildman–Crippen LogP) is 1.83. The van der Waals surface area contributed by atoms with Gasteiger partial charge in [-0.05, 0) is 38.1 Å². The summed E-state index contributed by atoms with van der Waals surface area (Å²) >= 11 is 6.16. The van der Waals surface area contributed by atoms with Crippen LogP contribution in [-0.4, -0.2) is 49.4 Å². The molecule has 2 rings (SSSR count). The number of likely N-dealkylation sites (N-methyl/N-ethyl adjacent to an activating group) is 1. The first-order chi connectivity index (χ1) is 13.6. The minimum atomic E-state index is -3.96. The highest BCUT2D eigenvalue weighted by Crippen LogP contribution is 2.29. The van der Waals surface area contributed by atoms with Crippen molar-refractivity contribution in [3.05, 3.63) is 41.2 Å². The molecule has 0 atom stereocenters. The topological polar surface area (TPSA) is 124 Å². The molecule has 1 heterocycles. The molecule has 0 bridgehead atoms. The van der Waals surface area contributed by atoms with Gasteiger partial charge in [0.25, 0.3) is 21.8 Å². The number of carbonyl (C=O) groups is 2. The number of anilines is 1. The van der Waals surface area contributed by atoms with E-state index in [0.29, 0.717) is 13.1 Å². The summed E-state index contributed by atoms with van der Waals surface area (Å²) in [5.41, 5.74) is 5.47. The average Bonchev–Trinajstić information content (AvgIpc) is 3.05. The monoisotopic (exact) mass is 442 g/mol. The number of rotatable bonds is 9. The number of aryl methyl sites for hydroxylation is 1. The van der Waals surface area contributed by atoms with E-state index in [9.17, 15) is 18.0 Å². The van der Waals surface area contributed by atoms with E-state index in [1.54, 1.807) is 4.90 Å². The lowest BCUT2D eigenvalue weighted by atomic mass is 10.3. The van der Waals surface area contributed by atoms with Crippen molar-refractivity contribution in [2.24, 2.45) is 12.8 Å². The zero-order valence-electron chi connectivity index (χ0n) is 16.3. The van der Waals surface area contributed by atoms with Crippen molar-refractivity contribution in [1.82, 2.24) is 9.47 Å². The zero-order valence-corrected chi connectivity index (χ0v) is 17.9. The summed E-state index contributed by atoms with van der Waals surface area (Å²) in [6.07, 6.45) is 1.28. The molecule has 0 aliphatic heterocycles. The number of sulfonamides is 1. The highest BCUT2D eigenvalue weighted by Gasteiger charge is 2.20. The first kappa shape index (κ1) is 22.6. The first-order valence-corrected chi connectivity index (χ1v) is 10.6. The number of amides is 2. The average molecular weight is 443 g/mol. The fourth-order valence-corrected chi connectivity index (χ4v) is 3.98. The van der Waals surface area contributed by atoms with E-state index in [4.69, 9.17) is 22.1 Å². The Morgan fingerprint density at radius 1 is 1.24 bits per heavy atom. The maximum Gasteiger partial charge on any atom is 0.265 e. The summed E-state index contributed by atoms with van der Waals surface area (Å²) in [7, 11) is -2.45. The third-order valence-electron chi connectivity index (χ3n) is 4.19. The summed E-state index contributed by atoms with van der Waals surface area (Å²) in [5, 5.41) is 0.142. The largest absolute Gasteiger partial charge is 0.482 e. The molecule has 29 heavy (non-hydrogen) atoms. The molecule has 0 radical (unpaired) electrons. The van der Waals surface area contributed by atoms with Crippen LogP contribution in [0.25, 0.3) is 0 Å². The van der Waals surface area contributed by atoms with Crippen molar-refractivity contribution >= 4 is 39.1 Å². The van der Waals surface area contributed by atoms with Crippen molar-refractivity contribution in [1.29, 1.82) is 0 Å². The van der Waals surface area contributed by atoms with Gasteiger partial charge in [0, 0.05) is 26.3 Å². The van der Waals surface area contributed by atoms with Gasteiger partial charge in [-0.3, -0.25) is 14.3 Å². The number of halogens is 1. The van der Waals surface area contributed by atoms with Crippen LogP contribution in [0.4, 0.5) is 5.69 Å². The lowest BCUT2D eigenvalue weighted by Crippen LogP contribution is -2.34. The molecule has 2 amide bonds. The second-order valence-electron chi connectivity index (χ2n) is 6.14. The minimum Gasteiger partial charge on any atom is -0.482 e. The van der Waals surface area contributed by atoms with Gasteiger partial charge in [0.15, 0.2) is 6.61 Å². The molecule has 0 saturated carbocycles. The van der Waals surface area contributed by atoms with Gasteiger partial charge in [0.1, 0.15) is 16.3 Å². The van der Waals surface area contributed by atoms with Crippen LogP contribution in [0.15, 0.2) is 35.4 Å². The number of nitrogens with two attached hydrogens (primary N) is 1. The number of carbonyl (C=O) groups excluding carboxylic acids is 2. The Bertz CT molecular complexity index is 1020. The Morgan fingerprint density at radius 2 is 1.90 bits per heavy atom. The van der Waals surface area contributed by atoms with Crippen LogP contribution in [0.1, 0.15) is 24.3 Å². The maximum atomic E-state index is 12.5. The Balaban J connectivity index is 2.13. The number of primary amides is 1. The zero-order chi connectivity index (χ0) is 21.8. The van der Waals surface area contributed by atoms with Crippen molar-refractivity contribution in [2.45, 2.75) is 18.7 Å². The molecule has 0 saturated heterocycles. The summed E-state index contributed by atoms with van der Waals surface area (Å²) in [4.78, 5) is 24.8. The highest BCUT2D eigenvalue weighted by atomic mass is 35.5. The van der Waals surface area contributed by atoms with Crippen molar-refractivity contribution in [3.63, 3.8) is 0 Å². The molecular weight excluding hydrogens is 420 g/mol. The summed E-state index contributed by atoms with van der Waals surface area (Å²) in [6.45, 7) is 4.71. The molecule has 0 aliphatic rings. The molecule has 0 aliphatic carbocycles. The van der Waals surface area contributed by atoms with Gasteiger partial charge < -0.3 is 19.9 Å². The van der Waals surface area contributed by atoms with Crippen LogP contribution in [0.5, 0.6) is 5.75 Å². The van der Waals surface area contributed by atoms with Gasteiger partial charge in [0.05, 0.1) is 10.7 Å². The molecule has 1 aromatic heterocycles. The number of ether oxygens (including phenoxy) is 1. The van der Waals surface area contributed by atoms with E-state index in [2.05, 4.69) is 4.72 Å². The third-order valence-corrected chi connectivity index (χ3v) is 5.84. The molecular formula is C18H23ClN4O5S. The lowest BCUT2D eigenvalue weighted by Gasteiger charge is -2.19. The Kier molecular flexibility index (Phi) is 7.15. The van der Waals surface area contributed by atoms with E-state index in [1.165, 1.54) is 42.1 Å². The van der Waals surface area contributed by atoms with E-state index in [0.717, 1.165) is 0 Å². The van der Waals surface area contributed by atoms with Crippen LogP contribution in [-0.2, 0) is 21.9 Å². The van der Waals surface area contributed by atoms with Crippen molar-refractivity contribution in [2.75, 3.05) is 24.4 Å². The maximum absolute atomic E-state index is 12.5. The van der Waals surface area contributed by atoms with Crippen LogP contribution in [0.3, 0.4) is 0 Å². The fourth-order valence-electron chi connectivity index (χ4n) is 2.63. The quantitative estimate of drug-likeness (QED) is 0.613. The molecule has 9 nitrogen and oxygen atoms in total. The van der Waals surface area contributed by atoms with Crippen LogP contribution >= 0.6 is 11.6 Å². The smallest absolute Gasteiger partial charge is 0.265 e. The molecule has 11 heteroatoms. The van der Waals surface area contributed by atoms with E-state index in [1.807, 2.05) is 13.8 Å². The second-order valence-corrected chi connectivity index (χ2v) is 8.23. The van der Waals surface area contributed by atoms with Crippen molar-refractivity contribution < 1.29 is 22.7 Å². The molecule has 158 valence electrons. The Labute approximate surface area is 174 Å². The molecule has 0 unspecified atom stereocenters. The molecule has 3 N–H and O–H groups in total. The Morgan fingerprint density at radius 3 is 2.41 bits per heavy atom. The number of aromatic nitrogens is 1. The summed E-state index contributed by atoms with van der Waals surface area (Å²) in [6, 6.07) is 5.48. The minimum absolute atomic E-state index is 0.0602. The second kappa shape index (κ2) is 9.19. The molecule has 1 aromatic carbocycles. The summed E-state index contributed by atoms with van der Waals surface area (Å²) in [5.74, 6) is -0.659. The molecule has 2 aromatic rings. The number of benzene rings is 1. The van der Waals surface area contributed by atoms with Crippen molar-refractivity contribution in [3.8, 4) is 5.75 Å². The van der Waals surface area contributed by atoms with Crippen LogP contribution in [0.2, 0.25) is 5.02 Å². The third kappa shape index (κ3) is 5.42. The van der Waals surface area contributed by atoms with E-state index in [-0.39, 0.29) is 39.6 Å². The van der Waals surface area contributed by atoms with E-state index < -0.39 is 15.9 Å². The number of hydrogen-bond acceptors (Lipinski definition) is 5. The van der Waals surface area contributed by atoms with E-state index >= 15 is 0 Å². The lowest BCUT2D eigenvalue weighted by molar-refractivity contribution is -0.132. The van der Waals surface area contributed by atoms with Crippen LogP contribution < -0.4 is 15.2 Å². The fraction of sp³-hybridized carbons (Fsp3) is 0.333. The molecule has 0 fully saturated rings. The van der Waals surface area contributed by atoms with Gasteiger partial charge in [-0.2, -0.15) is 0 Å². The normalized spacial score (nSPS) is 11.2. The summed E-state index contributed by atoms with van der Waals surface area (Å²) < 4.78 is 34.2. The molecule has 0 spiro atoms. The van der Waals surface area contributed by atoms with Crippen LogP contribution in [0, 0.1) is 0 Å². The van der Waals surface area contributed by atoms with Gasteiger partial charge in [-0.25, -0.2) is 8.42 Å². The predicted molar refractivity (Wildman–Crippen MR) is 110 cm³/mol. The Hall–Kier alpha value is -2.72. The number of nitrogens with one attached hydrogen (secondary N) is 1. The SMILES string of the molecule is CCN(CC)C(=O)COc1ccc(NS(=O)(=O)c2cc(C(N)=O)n(C)c2)cc1Cl. The van der Waals surface area contributed by atoms with Gasteiger partial charge >= 0.3 is 0 Å². The van der Waals surface area contributed by atoms with Gasteiger partial charge in [-0.1, -0.05) is 11.6 Å². The number of hydrogen-bond donors (Lipinski definition) is 2. The highest BCUT2D eigenvalue weighted by molar-refractivity contribution is 7.92. The van der Waals surface area contributed by atoms with Gasteiger partial charge in [0.2, 0.25) is 0 Å². The van der Waals surface area contributed by atoms with Gasteiger partial charge in [-0.15, -0.1) is 0 Å². The number of nitrogens with zero attached hydrogens (tertiary/aromatic N) is 2.